The zero-order chi connectivity index (χ0) is 15.2. The zero-order valence-electron chi connectivity index (χ0n) is 10.5. The maximum Gasteiger partial charge on any atom is 0.573 e. The van der Waals surface area contributed by atoms with Crippen LogP contribution in [0.1, 0.15) is 5.56 Å². The highest BCUT2D eigenvalue weighted by Crippen LogP contribution is 2.22. The molecule has 0 atom stereocenters. The number of ether oxygens (including phenoxy) is 1. The summed E-state index contributed by atoms with van der Waals surface area (Å²) in [5, 5.41) is 30.0. The third-order valence-corrected chi connectivity index (χ3v) is 2.73. The molecule has 0 saturated carbocycles. The summed E-state index contributed by atoms with van der Waals surface area (Å²) in [5.74, 6) is -0.334. The zero-order valence-corrected chi connectivity index (χ0v) is 10.5. The monoisotopic (exact) mass is 295 g/mol. The van der Waals surface area contributed by atoms with Crippen LogP contribution in [0.5, 0.6) is 5.75 Å². The minimum atomic E-state index is -4.74. The second kappa shape index (κ2) is 6.89. The van der Waals surface area contributed by atoms with Crippen molar-refractivity contribution in [2.75, 3.05) is 19.8 Å². The molecule has 0 aliphatic carbocycles. The van der Waals surface area contributed by atoms with Crippen molar-refractivity contribution in [1.29, 1.82) is 0 Å². The summed E-state index contributed by atoms with van der Waals surface area (Å²) in [4.78, 5) is 0. The third-order valence-electron chi connectivity index (χ3n) is 2.73. The summed E-state index contributed by atoms with van der Waals surface area (Å²) >= 11 is 0. The van der Waals surface area contributed by atoms with E-state index in [9.17, 15) is 13.2 Å². The molecule has 0 unspecified atom stereocenters. The molecule has 4 N–H and O–H groups in total. The van der Waals surface area contributed by atoms with Crippen LogP contribution in [-0.2, 0) is 6.54 Å². The van der Waals surface area contributed by atoms with E-state index in [-0.39, 0.29) is 12.3 Å². The molecule has 0 amide bonds. The number of aliphatic hydroxyl groups excluding tert-OH is 3. The number of hydrogen-bond donors (Lipinski definition) is 4. The summed E-state index contributed by atoms with van der Waals surface area (Å²) in [5.41, 5.74) is -0.625. The van der Waals surface area contributed by atoms with Crippen LogP contribution < -0.4 is 10.1 Å². The third kappa shape index (κ3) is 4.97. The summed E-state index contributed by atoms with van der Waals surface area (Å²) in [6, 6.07) is 5.13. The molecule has 1 rings (SSSR count). The van der Waals surface area contributed by atoms with Crippen LogP contribution in [-0.4, -0.2) is 47.0 Å². The Morgan fingerprint density at radius 2 is 1.45 bits per heavy atom. The maximum atomic E-state index is 12.0. The first kappa shape index (κ1) is 16.7. The first-order chi connectivity index (χ1) is 9.34. The first-order valence-electron chi connectivity index (χ1n) is 5.76. The van der Waals surface area contributed by atoms with Gasteiger partial charge in [0.25, 0.3) is 0 Å². The number of nitrogens with one attached hydrogen (secondary N) is 1. The molecule has 5 nitrogen and oxygen atoms in total. The lowest BCUT2D eigenvalue weighted by Crippen LogP contribution is -2.54. The van der Waals surface area contributed by atoms with E-state index in [1.807, 2.05) is 0 Å². The van der Waals surface area contributed by atoms with E-state index in [0.717, 1.165) is 12.1 Å². The average molecular weight is 295 g/mol. The Kier molecular flexibility index (Phi) is 5.75. The Balaban J connectivity index is 2.62. The van der Waals surface area contributed by atoms with Gasteiger partial charge in [0.2, 0.25) is 0 Å². The van der Waals surface area contributed by atoms with Crippen molar-refractivity contribution in [3.8, 4) is 5.75 Å². The van der Waals surface area contributed by atoms with Crippen molar-refractivity contribution in [2.24, 2.45) is 0 Å². The fourth-order valence-corrected chi connectivity index (χ4v) is 1.42. The van der Waals surface area contributed by atoms with Gasteiger partial charge in [0.1, 0.15) is 5.75 Å². The standard InChI is InChI=1S/C12H16F3NO4/c13-12(14,15)20-10-3-1-9(2-4-10)5-16-11(6-17,7-18)8-19/h1-4,16-19H,5-8H2. The topological polar surface area (TPSA) is 82.0 Å². The Bertz CT molecular complexity index is 396. The van der Waals surface area contributed by atoms with Crippen molar-refractivity contribution >= 4 is 0 Å². The molecule has 8 heteroatoms. The van der Waals surface area contributed by atoms with Crippen molar-refractivity contribution in [1.82, 2.24) is 5.32 Å². The molecule has 0 aliphatic rings. The second-order valence-electron chi connectivity index (χ2n) is 4.30. The summed E-state index contributed by atoms with van der Waals surface area (Å²) in [7, 11) is 0. The molecular weight excluding hydrogens is 279 g/mol. The van der Waals surface area contributed by atoms with Gasteiger partial charge >= 0.3 is 6.36 Å². The van der Waals surface area contributed by atoms with Gasteiger partial charge in [-0.3, -0.25) is 0 Å². The van der Waals surface area contributed by atoms with Crippen LogP contribution >= 0.6 is 0 Å². The lowest BCUT2D eigenvalue weighted by molar-refractivity contribution is -0.274. The van der Waals surface area contributed by atoms with E-state index < -0.39 is 31.7 Å². The van der Waals surface area contributed by atoms with Gasteiger partial charge in [-0.25, -0.2) is 0 Å². The van der Waals surface area contributed by atoms with Crippen LogP contribution in [0.15, 0.2) is 24.3 Å². The maximum absolute atomic E-state index is 12.0. The normalized spacial score (nSPS) is 12.5. The number of aliphatic hydroxyl groups is 3. The van der Waals surface area contributed by atoms with E-state index in [1.165, 1.54) is 12.1 Å². The Morgan fingerprint density at radius 3 is 1.85 bits per heavy atom. The van der Waals surface area contributed by atoms with Gasteiger partial charge in [0.15, 0.2) is 0 Å². The molecule has 0 heterocycles. The molecule has 0 aromatic heterocycles. The van der Waals surface area contributed by atoms with Gasteiger partial charge in [-0.05, 0) is 17.7 Å². The van der Waals surface area contributed by atoms with Gasteiger partial charge in [0, 0.05) is 6.54 Å². The minimum absolute atomic E-state index is 0.161. The lowest BCUT2D eigenvalue weighted by atomic mass is 10.0. The van der Waals surface area contributed by atoms with Gasteiger partial charge < -0.3 is 25.4 Å². The highest BCUT2D eigenvalue weighted by molar-refractivity contribution is 5.27. The molecule has 20 heavy (non-hydrogen) atoms. The number of hydrogen-bond acceptors (Lipinski definition) is 5. The predicted molar refractivity (Wildman–Crippen MR) is 64.0 cm³/mol. The largest absolute Gasteiger partial charge is 0.573 e. The van der Waals surface area contributed by atoms with Crippen LogP contribution in [0.2, 0.25) is 0 Å². The molecule has 0 radical (unpaired) electrons. The summed E-state index contributed by atoms with van der Waals surface area (Å²) in [6.45, 7) is -1.27. The number of benzene rings is 1. The van der Waals surface area contributed by atoms with Crippen molar-refractivity contribution in [3.63, 3.8) is 0 Å². The van der Waals surface area contributed by atoms with Crippen molar-refractivity contribution < 1.29 is 33.2 Å². The summed E-state index contributed by atoms with van der Waals surface area (Å²) < 4.78 is 39.6. The molecular formula is C12H16F3NO4. The highest BCUT2D eigenvalue weighted by atomic mass is 19.4. The molecule has 0 fully saturated rings. The molecule has 1 aromatic rings. The van der Waals surface area contributed by atoms with E-state index in [4.69, 9.17) is 15.3 Å². The van der Waals surface area contributed by atoms with Crippen molar-refractivity contribution in [3.05, 3.63) is 29.8 Å². The second-order valence-corrected chi connectivity index (χ2v) is 4.30. The van der Waals surface area contributed by atoms with Gasteiger partial charge in [-0.2, -0.15) is 0 Å². The smallest absolute Gasteiger partial charge is 0.406 e. The van der Waals surface area contributed by atoms with Crippen LogP contribution in [0.3, 0.4) is 0 Å². The summed E-state index contributed by atoms with van der Waals surface area (Å²) in [6.07, 6.45) is -4.74. The SMILES string of the molecule is OCC(CO)(CO)NCc1ccc(OC(F)(F)F)cc1. The molecule has 0 bridgehead atoms. The number of alkyl halides is 3. The molecule has 0 aliphatic heterocycles. The Hall–Kier alpha value is -1.35. The van der Waals surface area contributed by atoms with Crippen LogP contribution in [0, 0.1) is 0 Å². The van der Waals surface area contributed by atoms with E-state index >= 15 is 0 Å². The van der Waals surface area contributed by atoms with Crippen LogP contribution in [0.25, 0.3) is 0 Å². The van der Waals surface area contributed by atoms with Gasteiger partial charge in [0.05, 0.1) is 25.4 Å². The van der Waals surface area contributed by atoms with Gasteiger partial charge in [-0.1, -0.05) is 12.1 Å². The predicted octanol–water partition coefficient (Wildman–Crippen LogP) is 0.390. The average Bonchev–Trinajstić information content (AvgIpc) is 2.41. The van der Waals surface area contributed by atoms with Gasteiger partial charge in [-0.15, -0.1) is 13.2 Å². The molecule has 0 saturated heterocycles. The fourth-order valence-electron chi connectivity index (χ4n) is 1.42. The highest BCUT2D eigenvalue weighted by Gasteiger charge is 2.31. The minimum Gasteiger partial charge on any atom is -0.406 e. The fraction of sp³-hybridized carbons (Fsp3) is 0.500. The number of halogens is 3. The number of rotatable bonds is 7. The van der Waals surface area contributed by atoms with Crippen LogP contribution in [0.4, 0.5) is 13.2 Å². The lowest BCUT2D eigenvalue weighted by Gasteiger charge is -2.28. The molecule has 1 aromatic carbocycles. The van der Waals surface area contributed by atoms with E-state index in [1.54, 1.807) is 0 Å². The first-order valence-corrected chi connectivity index (χ1v) is 5.76. The molecule has 0 spiro atoms. The Morgan fingerprint density at radius 1 is 0.950 bits per heavy atom. The van der Waals surface area contributed by atoms with E-state index in [0.29, 0.717) is 5.56 Å². The quantitative estimate of drug-likeness (QED) is 0.585. The Labute approximate surface area is 113 Å². The van der Waals surface area contributed by atoms with Crippen molar-refractivity contribution in [2.45, 2.75) is 18.4 Å². The molecule has 114 valence electrons. The van der Waals surface area contributed by atoms with E-state index in [2.05, 4.69) is 10.1 Å².